The van der Waals surface area contributed by atoms with E-state index in [0.717, 1.165) is 38.6 Å². The Kier molecular flexibility index (Phi) is 6.90. The van der Waals surface area contributed by atoms with E-state index in [1.165, 1.54) is 0 Å². The molecule has 1 N–H and O–H groups in total. The summed E-state index contributed by atoms with van der Waals surface area (Å²) in [6.07, 6.45) is 10.0. The summed E-state index contributed by atoms with van der Waals surface area (Å²) < 4.78 is 31.7. The van der Waals surface area contributed by atoms with Crippen molar-refractivity contribution in [2.45, 2.75) is 45.1 Å². The summed E-state index contributed by atoms with van der Waals surface area (Å²) in [5.41, 5.74) is 0. The third-order valence-corrected chi connectivity index (χ3v) is 3.65. The molecular weight excluding hydrogens is 250 g/mol. The smallest absolute Gasteiger partial charge is 0.264 e. The van der Waals surface area contributed by atoms with Crippen LogP contribution >= 0.6 is 0 Å². The second-order valence-corrected chi connectivity index (χ2v) is 6.09. The lowest BCUT2D eigenvalue weighted by atomic mass is 10.1. The lowest BCUT2D eigenvalue weighted by molar-refractivity contribution is -0.697. The first-order chi connectivity index (χ1) is 8.58. The number of pyridine rings is 1. The lowest BCUT2D eigenvalue weighted by Gasteiger charge is -2.00. The molecule has 102 valence electrons. The predicted molar refractivity (Wildman–Crippen MR) is 70.8 cm³/mol. The second-order valence-electron chi connectivity index (χ2n) is 4.52. The minimum atomic E-state index is -3.76. The van der Waals surface area contributed by atoms with Crippen molar-refractivity contribution in [3.63, 3.8) is 0 Å². The fraction of sp³-hybridized carbons (Fsp3) is 0.615. The van der Waals surface area contributed by atoms with E-state index in [1.54, 1.807) is 0 Å². The van der Waals surface area contributed by atoms with Gasteiger partial charge in [0, 0.05) is 18.6 Å². The van der Waals surface area contributed by atoms with E-state index in [9.17, 15) is 8.42 Å². The van der Waals surface area contributed by atoms with Gasteiger partial charge in [0.2, 0.25) is 0 Å². The van der Waals surface area contributed by atoms with Crippen LogP contribution in [0.2, 0.25) is 0 Å². The van der Waals surface area contributed by atoms with Gasteiger partial charge in [0.1, 0.15) is 6.54 Å². The van der Waals surface area contributed by atoms with Crippen LogP contribution < -0.4 is 4.57 Å². The van der Waals surface area contributed by atoms with Crippen LogP contribution in [0.15, 0.2) is 30.6 Å². The van der Waals surface area contributed by atoms with Crippen LogP contribution in [0.3, 0.4) is 0 Å². The molecule has 0 fully saturated rings. The zero-order valence-electron chi connectivity index (χ0n) is 10.7. The monoisotopic (exact) mass is 272 g/mol. The lowest BCUT2D eigenvalue weighted by Crippen LogP contribution is -2.32. The zero-order chi connectivity index (χ0) is 13.3. The third kappa shape index (κ3) is 8.20. The van der Waals surface area contributed by atoms with Gasteiger partial charge in [0.25, 0.3) is 10.1 Å². The molecule has 0 aromatic carbocycles. The molecule has 5 heteroatoms. The van der Waals surface area contributed by atoms with Gasteiger partial charge in [0.05, 0.1) is 5.75 Å². The Bertz CT molecular complexity index is 417. The summed E-state index contributed by atoms with van der Waals surface area (Å²) in [7, 11) is -3.76. The normalized spacial score (nSPS) is 11.6. The molecule has 1 aromatic rings. The van der Waals surface area contributed by atoms with E-state index in [2.05, 4.69) is 17.0 Å². The fourth-order valence-corrected chi connectivity index (χ4v) is 2.44. The number of unbranched alkanes of at least 4 members (excludes halogenated alkanes) is 5. The molecule has 4 nitrogen and oxygen atoms in total. The molecule has 0 radical (unpaired) electrons. The van der Waals surface area contributed by atoms with Gasteiger partial charge < -0.3 is 0 Å². The number of aryl methyl sites for hydroxylation is 1. The average Bonchev–Trinajstić information content (AvgIpc) is 2.32. The van der Waals surface area contributed by atoms with Crippen molar-refractivity contribution in [3.8, 4) is 0 Å². The number of hydrogen-bond donors (Lipinski definition) is 1. The standard InChI is InChI=1S/C13H21NO3S/c15-18(16,17)13-9-4-2-1-3-6-10-14-11-7-5-8-12-14/h5,7-8,11-12H,1-4,6,9-10,13H2/p+1. The van der Waals surface area contributed by atoms with E-state index in [0.29, 0.717) is 6.42 Å². The van der Waals surface area contributed by atoms with Gasteiger partial charge in [-0.3, -0.25) is 4.55 Å². The van der Waals surface area contributed by atoms with Gasteiger partial charge in [0.15, 0.2) is 12.4 Å². The summed E-state index contributed by atoms with van der Waals surface area (Å²) in [5.74, 6) is -0.104. The first-order valence-electron chi connectivity index (χ1n) is 6.47. The summed E-state index contributed by atoms with van der Waals surface area (Å²) >= 11 is 0. The summed E-state index contributed by atoms with van der Waals surface area (Å²) in [5, 5.41) is 0. The molecule has 0 atom stereocenters. The highest BCUT2D eigenvalue weighted by atomic mass is 32.2. The van der Waals surface area contributed by atoms with Crippen molar-refractivity contribution in [1.82, 2.24) is 0 Å². The Morgan fingerprint density at radius 3 is 2.00 bits per heavy atom. The highest BCUT2D eigenvalue weighted by molar-refractivity contribution is 7.85. The van der Waals surface area contributed by atoms with Crippen LogP contribution in [-0.4, -0.2) is 18.7 Å². The molecule has 0 saturated heterocycles. The SMILES string of the molecule is O=S(=O)(O)CCCCCCCC[n+]1ccccc1. The molecular formula is C13H22NO3S+. The van der Waals surface area contributed by atoms with Crippen LogP contribution in [0.1, 0.15) is 38.5 Å². The van der Waals surface area contributed by atoms with Crippen molar-refractivity contribution in [3.05, 3.63) is 30.6 Å². The largest absolute Gasteiger partial charge is 0.286 e. The maximum absolute atomic E-state index is 10.5. The van der Waals surface area contributed by atoms with Gasteiger partial charge in [-0.05, 0) is 12.8 Å². The number of rotatable bonds is 9. The van der Waals surface area contributed by atoms with E-state index in [-0.39, 0.29) is 5.75 Å². The molecule has 0 unspecified atom stereocenters. The van der Waals surface area contributed by atoms with E-state index >= 15 is 0 Å². The van der Waals surface area contributed by atoms with Crippen LogP contribution in [0.5, 0.6) is 0 Å². The Morgan fingerprint density at radius 1 is 0.833 bits per heavy atom. The molecule has 0 spiro atoms. The van der Waals surface area contributed by atoms with E-state index < -0.39 is 10.1 Å². The van der Waals surface area contributed by atoms with Crippen LogP contribution in [-0.2, 0) is 16.7 Å². The molecule has 0 aliphatic heterocycles. The summed E-state index contributed by atoms with van der Waals surface area (Å²) in [6, 6.07) is 6.05. The molecule has 1 aromatic heterocycles. The van der Waals surface area contributed by atoms with E-state index in [1.807, 2.05) is 18.2 Å². The first-order valence-corrected chi connectivity index (χ1v) is 8.08. The first kappa shape index (κ1) is 15.1. The third-order valence-electron chi connectivity index (χ3n) is 2.85. The molecule has 0 amide bonds. The minimum Gasteiger partial charge on any atom is -0.286 e. The summed E-state index contributed by atoms with van der Waals surface area (Å²) in [6.45, 7) is 1.03. The number of hydrogen-bond acceptors (Lipinski definition) is 2. The Hall–Kier alpha value is -0.940. The second kappa shape index (κ2) is 8.21. The van der Waals surface area contributed by atoms with Gasteiger partial charge >= 0.3 is 0 Å². The van der Waals surface area contributed by atoms with Crippen LogP contribution in [0, 0.1) is 0 Å². The zero-order valence-corrected chi connectivity index (χ0v) is 11.5. The van der Waals surface area contributed by atoms with E-state index in [4.69, 9.17) is 4.55 Å². The average molecular weight is 272 g/mol. The molecule has 18 heavy (non-hydrogen) atoms. The van der Waals surface area contributed by atoms with Crippen molar-refractivity contribution in [1.29, 1.82) is 0 Å². The van der Waals surface area contributed by atoms with Crippen molar-refractivity contribution < 1.29 is 17.5 Å². The van der Waals surface area contributed by atoms with Crippen LogP contribution in [0.4, 0.5) is 0 Å². The van der Waals surface area contributed by atoms with Gasteiger partial charge in [-0.1, -0.05) is 25.3 Å². The highest BCUT2D eigenvalue weighted by Gasteiger charge is 2.03. The predicted octanol–water partition coefficient (Wildman–Crippen LogP) is 2.20. The maximum atomic E-state index is 10.5. The number of aromatic nitrogens is 1. The minimum absolute atomic E-state index is 0.104. The maximum Gasteiger partial charge on any atom is 0.264 e. The Labute approximate surface area is 109 Å². The molecule has 1 heterocycles. The van der Waals surface area contributed by atoms with Crippen LogP contribution in [0.25, 0.3) is 0 Å². The molecule has 0 bridgehead atoms. The summed E-state index contributed by atoms with van der Waals surface area (Å²) in [4.78, 5) is 0. The molecule has 1 rings (SSSR count). The van der Waals surface area contributed by atoms with Crippen molar-refractivity contribution >= 4 is 10.1 Å². The Morgan fingerprint density at radius 2 is 1.39 bits per heavy atom. The van der Waals surface area contributed by atoms with Gasteiger partial charge in [-0.2, -0.15) is 8.42 Å². The van der Waals surface area contributed by atoms with Crippen molar-refractivity contribution in [2.75, 3.05) is 5.75 Å². The topological polar surface area (TPSA) is 58.3 Å². The fourth-order valence-electron chi connectivity index (χ4n) is 1.87. The Balaban J connectivity index is 1.93. The van der Waals surface area contributed by atoms with Gasteiger partial charge in [-0.25, -0.2) is 4.57 Å². The van der Waals surface area contributed by atoms with Crippen molar-refractivity contribution in [2.24, 2.45) is 0 Å². The van der Waals surface area contributed by atoms with Gasteiger partial charge in [-0.15, -0.1) is 0 Å². The molecule has 0 saturated carbocycles. The molecule has 0 aliphatic rings. The number of nitrogens with zero attached hydrogens (tertiary/aromatic N) is 1. The molecule has 0 aliphatic carbocycles. The highest BCUT2D eigenvalue weighted by Crippen LogP contribution is 2.06. The quantitative estimate of drug-likeness (QED) is 0.426.